The minimum Gasteiger partial charge on any atom is -0.406 e. The van der Waals surface area contributed by atoms with Crippen LogP contribution < -0.4 is 15.8 Å². The summed E-state index contributed by atoms with van der Waals surface area (Å²) in [5.74, 6) is -0.756. The first-order chi connectivity index (χ1) is 11.9. The second-order valence-corrected chi connectivity index (χ2v) is 5.64. The van der Waals surface area contributed by atoms with E-state index in [0.29, 0.717) is 23.5 Å². The van der Waals surface area contributed by atoms with E-state index in [1.165, 1.54) is 18.2 Å². The van der Waals surface area contributed by atoms with Gasteiger partial charge in [0.15, 0.2) is 0 Å². The molecule has 25 heavy (non-hydrogen) atoms. The number of nitrogens with two attached hydrogens (primary N) is 1. The van der Waals surface area contributed by atoms with Crippen molar-refractivity contribution in [2.45, 2.75) is 18.7 Å². The van der Waals surface area contributed by atoms with Gasteiger partial charge in [0.2, 0.25) is 0 Å². The molecule has 0 spiro atoms. The highest BCUT2D eigenvalue weighted by molar-refractivity contribution is 5.72. The largest absolute Gasteiger partial charge is 0.573 e. The fourth-order valence-electron chi connectivity index (χ4n) is 2.79. The van der Waals surface area contributed by atoms with Crippen LogP contribution in [-0.4, -0.2) is 12.6 Å². The Hall–Kier alpha value is -2.96. The third-order valence-corrected chi connectivity index (χ3v) is 3.89. The van der Waals surface area contributed by atoms with Crippen molar-refractivity contribution in [2.75, 3.05) is 5.32 Å². The Bertz CT molecular complexity index is 831. The molecule has 0 aromatic heterocycles. The zero-order valence-corrected chi connectivity index (χ0v) is 13.0. The van der Waals surface area contributed by atoms with Crippen LogP contribution in [0.15, 0.2) is 54.2 Å². The molecule has 0 saturated carbocycles. The Morgan fingerprint density at radius 3 is 2.64 bits per heavy atom. The Balaban J connectivity index is 1.81. The first-order valence-electron chi connectivity index (χ1n) is 7.52. The molecule has 3 N–H and O–H groups in total. The lowest BCUT2D eigenvalue weighted by atomic mass is 9.86. The van der Waals surface area contributed by atoms with E-state index in [0.717, 1.165) is 17.4 Å². The van der Waals surface area contributed by atoms with Gasteiger partial charge in [0.1, 0.15) is 12.0 Å². The lowest BCUT2D eigenvalue weighted by Crippen LogP contribution is -2.17. The Morgan fingerprint density at radius 2 is 1.92 bits per heavy atom. The number of carbonyl (C=O) groups excluding carboxylic acids is 1. The summed E-state index contributed by atoms with van der Waals surface area (Å²) in [5, 5.41) is 3.04. The van der Waals surface area contributed by atoms with Crippen LogP contribution in [0.2, 0.25) is 0 Å². The molecule has 0 fully saturated rings. The summed E-state index contributed by atoms with van der Waals surface area (Å²) in [7, 11) is 0. The van der Waals surface area contributed by atoms with Gasteiger partial charge in [-0.3, -0.25) is 0 Å². The maximum atomic E-state index is 12.3. The summed E-state index contributed by atoms with van der Waals surface area (Å²) in [4.78, 5) is 11.2. The summed E-state index contributed by atoms with van der Waals surface area (Å²) < 4.78 is 40.8. The van der Waals surface area contributed by atoms with Gasteiger partial charge >= 0.3 is 6.36 Å². The van der Waals surface area contributed by atoms with E-state index in [4.69, 9.17) is 5.73 Å². The summed E-state index contributed by atoms with van der Waals surface area (Å²) >= 11 is 0. The maximum absolute atomic E-state index is 12.3. The van der Waals surface area contributed by atoms with E-state index in [2.05, 4.69) is 10.1 Å². The number of ether oxygens (including phenoxy) is 1. The van der Waals surface area contributed by atoms with Gasteiger partial charge in [-0.2, -0.15) is 0 Å². The summed E-state index contributed by atoms with van der Waals surface area (Å²) in [6.07, 6.45) is -1.54. The minimum absolute atomic E-state index is 0.299. The van der Waals surface area contributed by atoms with Gasteiger partial charge in [-0.1, -0.05) is 18.2 Å². The summed E-state index contributed by atoms with van der Waals surface area (Å²) in [6, 6.07) is 11.0. The van der Waals surface area contributed by atoms with Crippen molar-refractivity contribution >= 4 is 17.7 Å². The number of hydrogen-bond donors (Lipinski definition) is 2. The van der Waals surface area contributed by atoms with Gasteiger partial charge in [-0.15, -0.1) is 13.2 Å². The molecule has 0 saturated heterocycles. The van der Waals surface area contributed by atoms with Crippen molar-refractivity contribution in [3.05, 3.63) is 65.4 Å². The SMILES string of the molecule is NC1=CCc2cc(Nc3cccc(OC(F)(F)F)c3)ccc2[C@@H]1C=O. The van der Waals surface area contributed by atoms with Crippen LogP contribution in [0.1, 0.15) is 17.0 Å². The molecule has 3 rings (SSSR count). The van der Waals surface area contributed by atoms with E-state index < -0.39 is 12.3 Å². The molecule has 0 aliphatic heterocycles. The molecule has 2 aromatic carbocycles. The van der Waals surface area contributed by atoms with Crippen LogP contribution >= 0.6 is 0 Å². The third kappa shape index (κ3) is 3.93. The zero-order valence-electron chi connectivity index (χ0n) is 13.0. The second kappa shape index (κ2) is 6.51. The highest BCUT2D eigenvalue weighted by Gasteiger charge is 2.31. The van der Waals surface area contributed by atoms with Gasteiger partial charge in [0.05, 0.1) is 5.92 Å². The molecule has 0 unspecified atom stereocenters. The van der Waals surface area contributed by atoms with Crippen molar-refractivity contribution in [1.29, 1.82) is 0 Å². The average molecular weight is 348 g/mol. The zero-order chi connectivity index (χ0) is 18.0. The molecule has 130 valence electrons. The van der Waals surface area contributed by atoms with Crippen LogP contribution in [0, 0.1) is 0 Å². The highest BCUT2D eigenvalue weighted by Crippen LogP contribution is 2.32. The molecule has 7 heteroatoms. The highest BCUT2D eigenvalue weighted by atomic mass is 19.4. The Kier molecular flexibility index (Phi) is 4.39. The summed E-state index contributed by atoms with van der Waals surface area (Å²) in [6.45, 7) is 0. The standard InChI is InChI=1S/C18H15F3N2O2/c19-18(20,21)25-14-3-1-2-12(9-14)23-13-5-6-15-11(8-13)4-7-17(22)16(15)10-24/h1-3,5-10,16,23H,4,22H2/t16-/m0/s1. The molecule has 0 radical (unpaired) electrons. The van der Waals surface area contributed by atoms with Crippen LogP contribution in [0.5, 0.6) is 5.75 Å². The predicted octanol–water partition coefficient (Wildman–Crippen LogP) is 4.01. The van der Waals surface area contributed by atoms with Gasteiger partial charge in [-0.25, -0.2) is 0 Å². The minimum atomic E-state index is -4.74. The van der Waals surface area contributed by atoms with Crippen molar-refractivity contribution in [1.82, 2.24) is 0 Å². The number of alkyl halides is 3. The molecular formula is C18H15F3N2O2. The van der Waals surface area contributed by atoms with Crippen LogP contribution in [0.25, 0.3) is 0 Å². The number of rotatable bonds is 4. The first-order valence-corrected chi connectivity index (χ1v) is 7.52. The monoisotopic (exact) mass is 348 g/mol. The number of aldehydes is 1. The number of anilines is 2. The molecular weight excluding hydrogens is 333 g/mol. The lowest BCUT2D eigenvalue weighted by Gasteiger charge is -2.21. The fourth-order valence-corrected chi connectivity index (χ4v) is 2.79. The maximum Gasteiger partial charge on any atom is 0.573 e. The molecule has 0 bridgehead atoms. The van der Waals surface area contributed by atoms with Gasteiger partial charge in [0.25, 0.3) is 0 Å². The van der Waals surface area contributed by atoms with E-state index >= 15 is 0 Å². The number of nitrogens with one attached hydrogen (secondary N) is 1. The molecule has 1 aliphatic rings. The average Bonchev–Trinajstić information content (AvgIpc) is 2.54. The second-order valence-electron chi connectivity index (χ2n) is 5.64. The van der Waals surface area contributed by atoms with Crippen LogP contribution in [-0.2, 0) is 11.2 Å². The molecule has 0 amide bonds. The number of halogens is 3. The van der Waals surface area contributed by atoms with E-state index in [9.17, 15) is 18.0 Å². The van der Waals surface area contributed by atoms with Crippen molar-refractivity contribution in [2.24, 2.45) is 5.73 Å². The topological polar surface area (TPSA) is 64.3 Å². The van der Waals surface area contributed by atoms with Crippen molar-refractivity contribution in [3.63, 3.8) is 0 Å². The molecule has 2 aromatic rings. The Morgan fingerprint density at radius 1 is 1.16 bits per heavy atom. The van der Waals surface area contributed by atoms with Crippen LogP contribution in [0.3, 0.4) is 0 Å². The van der Waals surface area contributed by atoms with E-state index in [1.807, 2.05) is 6.07 Å². The number of fused-ring (bicyclic) bond motifs is 1. The third-order valence-electron chi connectivity index (χ3n) is 3.89. The quantitative estimate of drug-likeness (QED) is 0.820. The van der Waals surface area contributed by atoms with E-state index in [-0.39, 0.29) is 5.75 Å². The fraction of sp³-hybridized carbons (Fsp3) is 0.167. The number of benzene rings is 2. The molecule has 1 aliphatic carbocycles. The van der Waals surface area contributed by atoms with Crippen LogP contribution in [0.4, 0.5) is 24.5 Å². The molecule has 1 atom stereocenters. The van der Waals surface area contributed by atoms with Crippen molar-refractivity contribution < 1.29 is 22.7 Å². The molecule has 4 nitrogen and oxygen atoms in total. The van der Waals surface area contributed by atoms with E-state index in [1.54, 1.807) is 24.3 Å². The van der Waals surface area contributed by atoms with Gasteiger partial charge < -0.3 is 20.6 Å². The lowest BCUT2D eigenvalue weighted by molar-refractivity contribution is -0.274. The van der Waals surface area contributed by atoms with Crippen molar-refractivity contribution in [3.8, 4) is 5.75 Å². The number of allylic oxidation sites excluding steroid dienone is 2. The predicted molar refractivity (Wildman–Crippen MR) is 87.6 cm³/mol. The van der Waals surface area contributed by atoms with Gasteiger partial charge in [-0.05, 0) is 41.8 Å². The number of hydrogen-bond acceptors (Lipinski definition) is 4. The first kappa shape index (κ1) is 16.9. The summed E-state index contributed by atoms with van der Waals surface area (Å²) in [5.41, 5.74) is 9.31. The normalized spacial score (nSPS) is 16.6. The van der Waals surface area contributed by atoms with Gasteiger partial charge in [0, 0.05) is 23.1 Å². The molecule has 0 heterocycles. The Labute approximate surface area is 142 Å². The smallest absolute Gasteiger partial charge is 0.406 e. The number of carbonyl (C=O) groups is 1.